The van der Waals surface area contributed by atoms with Crippen LogP contribution in [0.2, 0.25) is 0 Å². The lowest BCUT2D eigenvalue weighted by atomic mass is 10.1. The molecule has 3 heterocycles. The largest absolute Gasteiger partial charge is 0.361 e. The molecule has 6 nitrogen and oxygen atoms in total. The molecule has 2 fully saturated rings. The molecule has 1 aromatic heterocycles. The van der Waals surface area contributed by atoms with Gasteiger partial charge in [-0.1, -0.05) is 18.2 Å². The van der Waals surface area contributed by atoms with Gasteiger partial charge in [0.05, 0.1) is 5.25 Å². The summed E-state index contributed by atoms with van der Waals surface area (Å²) in [7, 11) is -3.19. The quantitative estimate of drug-likeness (QED) is 0.854. The molecule has 1 N–H and O–H groups in total. The molecule has 0 radical (unpaired) electrons. The zero-order chi connectivity index (χ0) is 18.9. The number of benzene rings is 1. The van der Waals surface area contributed by atoms with E-state index in [0.717, 1.165) is 23.9 Å². The van der Waals surface area contributed by atoms with E-state index in [9.17, 15) is 13.2 Å². The van der Waals surface area contributed by atoms with E-state index < -0.39 is 10.0 Å². The van der Waals surface area contributed by atoms with E-state index in [4.69, 9.17) is 0 Å². The number of H-pyrrole nitrogens is 1. The van der Waals surface area contributed by atoms with Crippen LogP contribution in [0.5, 0.6) is 0 Å². The maximum atomic E-state index is 12.7. The van der Waals surface area contributed by atoms with Crippen molar-refractivity contribution in [3.05, 3.63) is 36.0 Å². The van der Waals surface area contributed by atoms with Crippen molar-refractivity contribution < 1.29 is 13.2 Å². The van der Waals surface area contributed by atoms with E-state index in [1.54, 1.807) is 4.31 Å². The number of rotatable bonds is 5. The van der Waals surface area contributed by atoms with Gasteiger partial charge in [-0.05, 0) is 43.7 Å². The normalized spacial score (nSPS) is 19.8. The third-order valence-corrected chi connectivity index (χ3v) is 8.32. The van der Waals surface area contributed by atoms with Gasteiger partial charge in [0.1, 0.15) is 0 Å². The maximum Gasteiger partial charge on any atom is 0.222 e. The van der Waals surface area contributed by atoms with E-state index in [1.165, 1.54) is 5.39 Å². The highest BCUT2D eigenvalue weighted by molar-refractivity contribution is 7.89. The van der Waals surface area contributed by atoms with Gasteiger partial charge in [0.2, 0.25) is 15.9 Å². The highest BCUT2D eigenvalue weighted by Gasteiger charge is 2.36. The third kappa shape index (κ3) is 3.75. The first-order valence-electron chi connectivity index (χ1n) is 9.87. The first-order chi connectivity index (χ1) is 13.1. The molecule has 27 heavy (non-hydrogen) atoms. The zero-order valence-corrected chi connectivity index (χ0v) is 16.4. The molecule has 0 atom stereocenters. The lowest BCUT2D eigenvalue weighted by Gasteiger charge is -2.33. The molecule has 4 rings (SSSR count). The minimum atomic E-state index is -3.19. The van der Waals surface area contributed by atoms with Gasteiger partial charge in [-0.3, -0.25) is 4.79 Å². The lowest BCUT2D eigenvalue weighted by molar-refractivity contribution is -0.132. The van der Waals surface area contributed by atoms with Crippen molar-refractivity contribution >= 4 is 26.8 Å². The van der Waals surface area contributed by atoms with Crippen LogP contribution in [0.25, 0.3) is 10.9 Å². The summed E-state index contributed by atoms with van der Waals surface area (Å²) >= 11 is 0. The van der Waals surface area contributed by atoms with Gasteiger partial charge >= 0.3 is 0 Å². The Morgan fingerprint density at radius 2 is 1.78 bits per heavy atom. The molecule has 2 aliphatic heterocycles. The predicted octanol–water partition coefficient (Wildman–Crippen LogP) is 2.52. The number of likely N-dealkylation sites (tertiary alicyclic amines) is 1. The molecule has 0 saturated carbocycles. The predicted molar refractivity (Wildman–Crippen MR) is 106 cm³/mol. The van der Waals surface area contributed by atoms with Gasteiger partial charge in [0.25, 0.3) is 0 Å². The second kappa shape index (κ2) is 7.64. The van der Waals surface area contributed by atoms with E-state index in [2.05, 4.69) is 11.1 Å². The van der Waals surface area contributed by atoms with Gasteiger partial charge in [-0.15, -0.1) is 0 Å². The van der Waals surface area contributed by atoms with Crippen LogP contribution in [0.3, 0.4) is 0 Å². The fraction of sp³-hybridized carbons (Fsp3) is 0.550. The van der Waals surface area contributed by atoms with Crippen molar-refractivity contribution in [3.8, 4) is 0 Å². The summed E-state index contributed by atoms with van der Waals surface area (Å²) in [6.07, 6.45) is 6.18. The highest BCUT2D eigenvalue weighted by Crippen LogP contribution is 2.25. The summed E-state index contributed by atoms with van der Waals surface area (Å²) in [6, 6.07) is 8.10. The van der Waals surface area contributed by atoms with Crippen LogP contribution in [-0.2, 0) is 21.2 Å². The Morgan fingerprint density at radius 1 is 1.07 bits per heavy atom. The van der Waals surface area contributed by atoms with Crippen LogP contribution < -0.4 is 0 Å². The van der Waals surface area contributed by atoms with Gasteiger partial charge in [0.15, 0.2) is 0 Å². The van der Waals surface area contributed by atoms with Gasteiger partial charge < -0.3 is 9.88 Å². The number of aromatic amines is 1. The molecule has 1 amide bonds. The maximum absolute atomic E-state index is 12.7. The Morgan fingerprint density at radius 3 is 2.52 bits per heavy atom. The number of nitrogens with zero attached hydrogens (tertiary/aromatic N) is 2. The Kier molecular flexibility index (Phi) is 5.23. The van der Waals surface area contributed by atoms with Crippen molar-refractivity contribution in [2.45, 2.75) is 43.8 Å². The minimum absolute atomic E-state index is 0.123. The van der Waals surface area contributed by atoms with Crippen molar-refractivity contribution in [3.63, 3.8) is 0 Å². The topological polar surface area (TPSA) is 73.5 Å². The molecule has 0 aliphatic carbocycles. The fourth-order valence-electron chi connectivity index (χ4n) is 4.29. The number of amides is 1. The molecular weight excluding hydrogens is 362 g/mol. The first-order valence-corrected chi connectivity index (χ1v) is 11.4. The number of carbonyl (C=O) groups is 1. The van der Waals surface area contributed by atoms with Crippen molar-refractivity contribution in [1.82, 2.24) is 14.2 Å². The number of sulfonamides is 1. The van der Waals surface area contributed by atoms with Crippen LogP contribution in [0.15, 0.2) is 30.5 Å². The third-order valence-electron chi connectivity index (χ3n) is 5.92. The van der Waals surface area contributed by atoms with Gasteiger partial charge in [0, 0.05) is 49.7 Å². The Labute approximate surface area is 160 Å². The van der Waals surface area contributed by atoms with Crippen LogP contribution in [-0.4, -0.2) is 59.9 Å². The molecule has 0 spiro atoms. The number of piperidine rings is 1. The van der Waals surface area contributed by atoms with Crippen molar-refractivity contribution in [1.29, 1.82) is 0 Å². The lowest BCUT2D eigenvalue weighted by Crippen LogP contribution is -2.46. The summed E-state index contributed by atoms with van der Waals surface area (Å²) in [6.45, 7) is 2.41. The van der Waals surface area contributed by atoms with E-state index in [0.29, 0.717) is 51.9 Å². The number of hydrogen-bond donors (Lipinski definition) is 1. The summed E-state index contributed by atoms with van der Waals surface area (Å²) in [5.74, 6) is 0.123. The van der Waals surface area contributed by atoms with Crippen LogP contribution in [0, 0.1) is 0 Å². The van der Waals surface area contributed by atoms with Gasteiger partial charge in [-0.2, -0.15) is 0 Å². The molecule has 1 aromatic carbocycles. The summed E-state index contributed by atoms with van der Waals surface area (Å²) in [4.78, 5) is 17.7. The number of nitrogens with one attached hydrogen (secondary N) is 1. The molecule has 2 saturated heterocycles. The standard InChI is InChI=1S/C20H27N3O3S/c24-20(8-7-16-15-21-19-6-2-1-5-18(16)19)22-13-9-17(10-14-22)27(25,26)23-11-3-4-12-23/h1-2,5-6,15,17,21H,3-4,7-14H2. The summed E-state index contributed by atoms with van der Waals surface area (Å²) in [5, 5.41) is 0.842. The van der Waals surface area contributed by atoms with E-state index in [-0.39, 0.29) is 11.2 Å². The first kappa shape index (κ1) is 18.5. The van der Waals surface area contributed by atoms with Gasteiger partial charge in [-0.25, -0.2) is 12.7 Å². The fourth-order valence-corrected chi connectivity index (χ4v) is 6.29. The monoisotopic (exact) mass is 389 g/mol. The zero-order valence-electron chi connectivity index (χ0n) is 15.6. The second-order valence-electron chi connectivity index (χ2n) is 7.59. The second-order valence-corrected chi connectivity index (χ2v) is 9.80. The van der Waals surface area contributed by atoms with E-state index in [1.807, 2.05) is 29.3 Å². The van der Waals surface area contributed by atoms with Crippen LogP contribution >= 0.6 is 0 Å². The van der Waals surface area contributed by atoms with Crippen molar-refractivity contribution in [2.24, 2.45) is 0 Å². The Hall–Kier alpha value is -1.86. The minimum Gasteiger partial charge on any atom is -0.361 e. The van der Waals surface area contributed by atoms with Crippen LogP contribution in [0.1, 0.15) is 37.7 Å². The summed E-state index contributed by atoms with van der Waals surface area (Å²) < 4.78 is 27.0. The Balaban J connectivity index is 1.31. The number of carbonyl (C=O) groups excluding carboxylic acids is 1. The number of para-hydroxylation sites is 1. The van der Waals surface area contributed by atoms with Crippen LogP contribution in [0.4, 0.5) is 0 Å². The number of fused-ring (bicyclic) bond motifs is 1. The molecule has 7 heteroatoms. The van der Waals surface area contributed by atoms with E-state index >= 15 is 0 Å². The molecule has 2 aromatic rings. The summed E-state index contributed by atoms with van der Waals surface area (Å²) in [5.41, 5.74) is 2.25. The number of aromatic nitrogens is 1. The Bertz CT molecular complexity index is 907. The SMILES string of the molecule is O=C(CCc1c[nH]c2ccccc12)N1CCC(S(=O)(=O)N2CCCC2)CC1. The molecule has 0 bridgehead atoms. The molecule has 2 aliphatic rings. The molecular formula is C20H27N3O3S. The number of hydrogen-bond acceptors (Lipinski definition) is 3. The average Bonchev–Trinajstić information content (AvgIpc) is 3.37. The number of aryl methyl sites for hydroxylation is 1. The average molecular weight is 390 g/mol. The smallest absolute Gasteiger partial charge is 0.222 e. The highest BCUT2D eigenvalue weighted by atomic mass is 32.2. The van der Waals surface area contributed by atoms with Crippen molar-refractivity contribution in [2.75, 3.05) is 26.2 Å². The molecule has 0 unspecified atom stereocenters. The molecule has 146 valence electrons.